The van der Waals surface area contributed by atoms with Crippen molar-refractivity contribution in [1.29, 1.82) is 0 Å². The fourth-order valence-electron chi connectivity index (χ4n) is 1.66. The van der Waals surface area contributed by atoms with E-state index in [4.69, 9.17) is 0 Å². The molecular formula is C14H16N2OS. The van der Waals surface area contributed by atoms with Gasteiger partial charge >= 0.3 is 0 Å². The number of carbonyl (C=O) groups excluding carboxylic acids is 1. The molecule has 1 amide bonds. The third-order valence-electron chi connectivity index (χ3n) is 2.60. The maximum absolute atomic E-state index is 11.6. The standard InChI is InChI=1S/C14H16N2OS/c17-14(8-3-6-13-7-4-10-18-13)16-11-12-5-1-2-9-15-12/h1-2,4-5,7,9-10H,3,6,8,11H2,(H,16,17). The first kappa shape index (κ1) is 12.8. The molecule has 0 bridgehead atoms. The van der Waals surface area contributed by atoms with Crippen LogP contribution in [0.1, 0.15) is 23.4 Å². The highest BCUT2D eigenvalue weighted by Gasteiger charge is 2.02. The van der Waals surface area contributed by atoms with E-state index in [1.54, 1.807) is 17.5 Å². The van der Waals surface area contributed by atoms with Crippen molar-refractivity contribution < 1.29 is 4.79 Å². The summed E-state index contributed by atoms with van der Waals surface area (Å²) in [7, 11) is 0. The van der Waals surface area contributed by atoms with E-state index in [0.717, 1.165) is 18.5 Å². The predicted molar refractivity (Wildman–Crippen MR) is 73.3 cm³/mol. The number of aromatic nitrogens is 1. The molecule has 4 heteroatoms. The molecule has 2 aromatic heterocycles. The number of hydrogen-bond donors (Lipinski definition) is 1. The maximum Gasteiger partial charge on any atom is 0.220 e. The first-order valence-electron chi connectivity index (χ1n) is 6.03. The second-order valence-electron chi connectivity index (χ2n) is 4.03. The number of aryl methyl sites for hydroxylation is 1. The van der Waals surface area contributed by atoms with Gasteiger partial charge in [-0.3, -0.25) is 9.78 Å². The van der Waals surface area contributed by atoms with Crippen LogP contribution in [-0.2, 0) is 17.8 Å². The number of pyridine rings is 1. The van der Waals surface area contributed by atoms with Crippen molar-refractivity contribution >= 4 is 17.2 Å². The van der Waals surface area contributed by atoms with Gasteiger partial charge in [-0.15, -0.1) is 11.3 Å². The lowest BCUT2D eigenvalue weighted by atomic mass is 10.2. The van der Waals surface area contributed by atoms with Crippen LogP contribution in [0.25, 0.3) is 0 Å². The number of nitrogens with one attached hydrogen (secondary N) is 1. The second kappa shape index (κ2) is 6.91. The molecule has 0 spiro atoms. The van der Waals surface area contributed by atoms with Crippen molar-refractivity contribution in [1.82, 2.24) is 10.3 Å². The Morgan fingerprint density at radius 1 is 1.28 bits per heavy atom. The minimum Gasteiger partial charge on any atom is -0.350 e. The molecule has 2 heterocycles. The van der Waals surface area contributed by atoms with Gasteiger partial charge in [0, 0.05) is 17.5 Å². The van der Waals surface area contributed by atoms with Crippen LogP contribution in [0.4, 0.5) is 0 Å². The van der Waals surface area contributed by atoms with E-state index in [0.29, 0.717) is 13.0 Å². The average Bonchev–Trinajstić information content (AvgIpc) is 2.91. The molecule has 3 nitrogen and oxygen atoms in total. The van der Waals surface area contributed by atoms with Gasteiger partial charge in [-0.25, -0.2) is 0 Å². The number of rotatable bonds is 6. The second-order valence-corrected chi connectivity index (χ2v) is 5.06. The Balaban J connectivity index is 1.63. The smallest absolute Gasteiger partial charge is 0.220 e. The molecule has 1 N–H and O–H groups in total. The van der Waals surface area contributed by atoms with Crippen LogP contribution in [0, 0.1) is 0 Å². The molecule has 0 radical (unpaired) electrons. The van der Waals surface area contributed by atoms with Crippen LogP contribution in [0.2, 0.25) is 0 Å². The SMILES string of the molecule is O=C(CCCc1cccs1)NCc1ccccn1. The fourth-order valence-corrected chi connectivity index (χ4v) is 2.41. The van der Waals surface area contributed by atoms with Gasteiger partial charge in [0.1, 0.15) is 0 Å². The zero-order valence-electron chi connectivity index (χ0n) is 10.1. The first-order chi connectivity index (χ1) is 8.84. The average molecular weight is 260 g/mol. The van der Waals surface area contributed by atoms with Gasteiger partial charge in [-0.1, -0.05) is 12.1 Å². The molecule has 0 aliphatic rings. The van der Waals surface area contributed by atoms with Gasteiger partial charge in [-0.2, -0.15) is 0 Å². The Labute approximate surface area is 111 Å². The molecule has 94 valence electrons. The topological polar surface area (TPSA) is 42.0 Å². The lowest BCUT2D eigenvalue weighted by molar-refractivity contribution is -0.121. The van der Waals surface area contributed by atoms with Gasteiger partial charge < -0.3 is 5.32 Å². The predicted octanol–water partition coefficient (Wildman–Crippen LogP) is 2.78. The molecule has 0 aliphatic heterocycles. The third-order valence-corrected chi connectivity index (χ3v) is 3.54. The van der Waals surface area contributed by atoms with Gasteiger partial charge in [0.15, 0.2) is 0 Å². The summed E-state index contributed by atoms with van der Waals surface area (Å²) in [4.78, 5) is 17.1. The molecule has 0 saturated heterocycles. The summed E-state index contributed by atoms with van der Waals surface area (Å²) in [5.41, 5.74) is 0.893. The molecule has 2 aromatic rings. The molecule has 0 atom stereocenters. The minimum absolute atomic E-state index is 0.0946. The van der Waals surface area contributed by atoms with Crippen LogP contribution < -0.4 is 5.32 Å². The van der Waals surface area contributed by atoms with Gasteiger partial charge in [0.05, 0.1) is 12.2 Å². The molecule has 0 unspecified atom stereocenters. The molecule has 0 aromatic carbocycles. The van der Waals surface area contributed by atoms with Crippen molar-refractivity contribution in [3.63, 3.8) is 0 Å². The summed E-state index contributed by atoms with van der Waals surface area (Å²) in [6, 6.07) is 9.85. The summed E-state index contributed by atoms with van der Waals surface area (Å²) in [6.45, 7) is 0.513. The summed E-state index contributed by atoms with van der Waals surface area (Å²) in [6.07, 6.45) is 4.19. The number of amides is 1. The molecule has 18 heavy (non-hydrogen) atoms. The zero-order valence-corrected chi connectivity index (χ0v) is 11.0. The van der Waals surface area contributed by atoms with E-state index < -0.39 is 0 Å². The van der Waals surface area contributed by atoms with E-state index in [-0.39, 0.29) is 5.91 Å². The Hall–Kier alpha value is -1.68. The summed E-state index contributed by atoms with van der Waals surface area (Å²) in [5, 5.41) is 4.95. The molecule has 2 rings (SSSR count). The largest absolute Gasteiger partial charge is 0.350 e. The van der Waals surface area contributed by atoms with Crippen molar-refractivity contribution in [2.45, 2.75) is 25.8 Å². The number of thiophene rings is 1. The Bertz CT molecular complexity index is 468. The summed E-state index contributed by atoms with van der Waals surface area (Å²) < 4.78 is 0. The minimum atomic E-state index is 0.0946. The van der Waals surface area contributed by atoms with E-state index in [1.165, 1.54) is 4.88 Å². The van der Waals surface area contributed by atoms with Crippen LogP contribution in [0.15, 0.2) is 41.9 Å². The van der Waals surface area contributed by atoms with Crippen LogP contribution in [-0.4, -0.2) is 10.9 Å². The van der Waals surface area contributed by atoms with Gasteiger partial charge in [0.2, 0.25) is 5.91 Å². The third kappa shape index (κ3) is 4.30. The highest BCUT2D eigenvalue weighted by atomic mass is 32.1. The highest BCUT2D eigenvalue weighted by Crippen LogP contribution is 2.11. The van der Waals surface area contributed by atoms with E-state index in [9.17, 15) is 4.79 Å². The fraction of sp³-hybridized carbons (Fsp3) is 0.286. The molecular weight excluding hydrogens is 244 g/mol. The van der Waals surface area contributed by atoms with Crippen molar-refractivity contribution in [2.75, 3.05) is 0 Å². The van der Waals surface area contributed by atoms with E-state index in [1.807, 2.05) is 24.3 Å². The first-order valence-corrected chi connectivity index (χ1v) is 6.91. The summed E-state index contributed by atoms with van der Waals surface area (Å²) in [5.74, 6) is 0.0946. The van der Waals surface area contributed by atoms with E-state index >= 15 is 0 Å². The number of nitrogens with zero attached hydrogens (tertiary/aromatic N) is 1. The van der Waals surface area contributed by atoms with Gasteiger partial charge in [0.25, 0.3) is 0 Å². The van der Waals surface area contributed by atoms with Crippen molar-refractivity contribution in [3.05, 3.63) is 52.5 Å². The van der Waals surface area contributed by atoms with Crippen LogP contribution >= 0.6 is 11.3 Å². The van der Waals surface area contributed by atoms with Crippen molar-refractivity contribution in [2.24, 2.45) is 0 Å². The Kier molecular flexibility index (Phi) is 4.90. The highest BCUT2D eigenvalue weighted by molar-refractivity contribution is 7.09. The normalized spacial score (nSPS) is 10.2. The quantitative estimate of drug-likeness (QED) is 0.867. The van der Waals surface area contributed by atoms with Gasteiger partial charge in [-0.05, 0) is 36.4 Å². The molecule has 0 fully saturated rings. The van der Waals surface area contributed by atoms with Crippen LogP contribution in [0.3, 0.4) is 0 Å². The molecule has 0 saturated carbocycles. The van der Waals surface area contributed by atoms with Crippen molar-refractivity contribution in [3.8, 4) is 0 Å². The molecule has 0 aliphatic carbocycles. The van der Waals surface area contributed by atoms with E-state index in [2.05, 4.69) is 21.7 Å². The Morgan fingerprint density at radius 2 is 2.22 bits per heavy atom. The zero-order chi connectivity index (χ0) is 12.6. The lowest BCUT2D eigenvalue weighted by Crippen LogP contribution is -2.22. The Morgan fingerprint density at radius 3 is 2.94 bits per heavy atom. The monoisotopic (exact) mass is 260 g/mol. The maximum atomic E-state index is 11.6. The summed E-state index contributed by atoms with van der Waals surface area (Å²) >= 11 is 1.74. The lowest BCUT2D eigenvalue weighted by Gasteiger charge is -2.04. The number of carbonyl (C=O) groups is 1. The number of hydrogen-bond acceptors (Lipinski definition) is 3. The van der Waals surface area contributed by atoms with Crippen LogP contribution in [0.5, 0.6) is 0 Å².